The van der Waals surface area contributed by atoms with E-state index in [1.807, 2.05) is 0 Å². The first-order valence-electron chi connectivity index (χ1n) is 6.39. The fourth-order valence-corrected chi connectivity index (χ4v) is 2.31. The quantitative estimate of drug-likeness (QED) is 0.218. The van der Waals surface area contributed by atoms with Crippen LogP contribution in [0.4, 0.5) is 0 Å². The minimum atomic E-state index is -3.68. The number of carbonyl (C=O) groups excluding carboxylic acids is 4. The van der Waals surface area contributed by atoms with Crippen LogP contribution in [0.5, 0.6) is 0 Å². The molecule has 0 rings (SSSR count). The maximum Gasteiger partial charge on any atom is 0.217 e. The number of aldehydes is 1. The van der Waals surface area contributed by atoms with E-state index in [1.165, 1.54) is 6.92 Å². The van der Waals surface area contributed by atoms with Crippen LogP contribution in [0.2, 0.25) is 0 Å². The molecule has 0 aromatic heterocycles. The fourth-order valence-electron chi connectivity index (χ4n) is 2.31. The van der Waals surface area contributed by atoms with E-state index in [0.29, 0.717) is 13.8 Å². The topological polar surface area (TPSA) is 169 Å². The lowest BCUT2D eigenvalue weighted by Crippen LogP contribution is -2.80. The van der Waals surface area contributed by atoms with E-state index < -0.39 is 59.6 Å². The SMILES string of the molecule is CCC(=O)[C@](O)(C=O)[C@](O)(C(C)=O)[C@@](O)(C(C)=O)[C@H](O)CO. The zero-order chi connectivity index (χ0) is 17.9. The van der Waals surface area contributed by atoms with Crippen molar-refractivity contribution in [3.63, 3.8) is 0 Å². The van der Waals surface area contributed by atoms with E-state index in [0.717, 1.165) is 0 Å². The van der Waals surface area contributed by atoms with Crippen LogP contribution in [0.3, 0.4) is 0 Å². The Bertz CT molecular complexity index is 488. The molecule has 0 radical (unpaired) electrons. The molecule has 0 spiro atoms. The summed E-state index contributed by atoms with van der Waals surface area (Å²) >= 11 is 0. The lowest BCUT2D eigenvalue weighted by Gasteiger charge is -2.47. The van der Waals surface area contributed by atoms with Crippen molar-refractivity contribution in [2.75, 3.05) is 6.61 Å². The Morgan fingerprint density at radius 2 is 1.55 bits per heavy atom. The predicted octanol–water partition coefficient (Wildman–Crippen LogP) is -3.11. The molecule has 0 aliphatic heterocycles. The third kappa shape index (κ3) is 2.50. The number of hydrogen-bond donors (Lipinski definition) is 5. The molecule has 0 aliphatic carbocycles. The first-order valence-corrected chi connectivity index (χ1v) is 6.39. The van der Waals surface area contributed by atoms with E-state index in [1.54, 1.807) is 0 Å². The Kier molecular flexibility index (Phi) is 6.25. The van der Waals surface area contributed by atoms with Gasteiger partial charge in [-0.1, -0.05) is 6.92 Å². The summed E-state index contributed by atoms with van der Waals surface area (Å²) in [6.07, 6.45) is -3.44. The van der Waals surface area contributed by atoms with Crippen molar-refractivity contribution < 1.29 is 44.7 Å². The second-order valence-corrected chi connectivity index (χ2v) is 4.95. The van der Waals surface area contributed by atoms with Gasteiger partial charge in [-0.2, -0.15) is 0 Å². The van der Waals surface area contributed by atoms with Crippen molar-refractivity contribution in [2.45, 2.75) is 50.1 Å². The minimum Gasteiger partial charge on any atom is -0.394 e. The highest BCUT2D eigenvalue weighted by atomic mass is 16.4. The van der Waals surface area contributed by atoms with Crippen LogP contribution in [0, 0.1) is 0 Å². The van der Waals surface area contributed by atoms with Gasteiger partial charge in [0.1, 0.15) is 6.10 Å². The number of ketones is 3. The van der Waals surface area contributed by atoms with Crippen molar-refractivity contribution in [1.29, 1.82) is 0 Å². The van der Waals surface area contributed by atoms with Gasteiger partial charge in [0.05, 0.1) is 6.61 Å². The molecule has 0 unspecified atom stereocenters. The van der Waals surface area contributed by atoms with Crippen molar-refractivity contribution in [1.82, 2.24) is 0 Å². The van der Waals surface area contributed by atoms with E-state index in [9.17, 15) is 39.6 Å². The van der Waals surface area contributed by atoms with Crippen molar-refractivity contribution in [3.8, 4) is 0 Å². The summed E-state index contributed by atoms with van der Waals surface area (Å²) in [6, 6.07) is 0. The Hall–Kier alpha value is -1.52. The van der Waals surface area contributed by atoms with Gasteiger partial charge in [0.2, 0.25) is 11.2 Å². The number of rotatable bonds is 9. The van der Waals surface area contributed by atoms with Crippen LogP contribution in [-0.4, -0.2) is 78.7 Å². The Labute approximate surface area is 126 Å². The molecule has 4 atom stereocenters. The van der Waals surface area contributed by atoms with E-state index in [4.69, 9.17) is 5.11 Å². The van der Waals surface area contributed by atoms with Gasteiger partial charge >= 0.3 is 0 Å². The van der Waals surface area contributed by atoms with Gasteiger partial charge in [0.15, 0.2) is 29.2 Å². The van der Waals surface area contributed by atoms with E-state index in [2.05, 4.69) is 0 Å². The molecule has 9 nitrogen and oxygen atoms in total. The first-order chi connectivity index (χ1) is 9.91. The molecule has 22 heavy (non-hydrogen) atoms. The van der Waals surface area contributed by atoms with Crippen LogP contribution in [0.15, 0.2) is 0 Å². The molecule has 0 fully saturated rings. The number of aliphatic hydroxyl groups is 5. The molecule has 9 heteroatoms. The molecular formula is C13H20O9. The largest absolute Gasteiger partial charge is 0.394 e. The summed E-state index contributed by atoms with van der Waals surface area (Å²) in [5.41, 5.74) is -10.6. The average molecular weight is 320 g/mol. The summed E-state index contributed by atoms with van der Waals surface area (Å²) in [6.45, 7) is 1.16. The van der Waals surface area contributed by atoms with Crippen LogP contribution in [0.1, 0.15) is 27.2 Å². The Morgan fingerprint density at radius 1 is 1.09 bits per heavy atom. The molecule has 0 heterocycles. The molecular weight excluding hydrogens is 300 g/mol. The number of aliphatic hydroxyl groups excluding tert-OH is 2. The van der Waals surface area contributed by atoms with Crippen LogP contribution < -0.4 is 0 Å². The molecule has 0 aliphatic rings. The highest BCUT2D eigenvalue weighted by Gasteiger charge is 2.72. The van der Waals surface area contributed by atoms with Gasteiger partial charge in [-0.15, -0.1) is 0 Å². The number of carbonyl (C=O) groups is 4. The lowest BCUT2D eigenvalue weighted by molar-refractivity contribution is -0.244. The second-order valence-electron chi connectivity index (χ2n) is 4.95. The monoisotopic (exact) mass is 320 g/mol. The highest BCUT2D eigenvalue weighted by molar-refractivity contribution is 6.12. The van der Waals surface area contributed by atoms with Crippen LogP contribution in [0.25, 0.3) is 0 Å². The van der Waals surface area contributed by atoms with Gasteiger partial charge in [-0.3, -0.25) is 19.2 Å². The second kappa shape index (κ2) is 6.71. The predicted molar refractivity (Wildman–Crippen MR) is 70.7 cm³/mol. The fraction of sp³-hybridized carbons (Fsp3) is 0.692. The molecule has 0 saturated heterocycles. The summed E-state index contributed by atoms with van der Waals surface area (Å²) in [4.78, 5) is 46.6. The molecule has 0 aromatic carbocycles. The van der Waals surface area contributed by atoms with Crippen LogP contribution >= 0.6 is 0 Å². The van der Waals surface area contributed by atoms with Gasteiger partial charge in [0.25, 0.3) is 0 Å². The summed E-state index contributed by atoms with van der Waals surface area (Å²) in [7, 11) is 0. The van der Waals surface area contributed by atoms with Gasteiger partial charge in [0, 0.05) is 6.42 Å². The minimum absolute atomic E-state index is 0.488. The zero-order valence-corrected chi connectivity index (χ0v) is 12.4. The van der Waals surface area contributed by atoms with Crippen molar-refractivity contribution in [3.05, 3.63) is 0 Å². The maximum atomic E-state index is 11.8. The molecule has 0 aromatic rings. The third-order valence-corrected chi connectivity index (χ3v) is 3.72. The number of hydrogen-bond acceptors (Lipinski definition) is 9. The van der Waals surface area contributed by atoms with Gasteiger partial charge < -0.3 is 25.5 Å². The van der Waals surface area contributed by atoms with E-state index in [-0.39, 0.29) is 0 Å². The highest BCUT2D eigenvalue weighted by Crippen LogP contribution is 2.38. The molecule has 126 valence electrons. The summed E-state index contributed by atoms with van der Waals surface area (Å²) in [5.74, 6) is -4.31. The third-order valence-electron chi connectivity index (χ3n) is 3.72. The Balaban J connectivity index is 6.75. The normalized spacial score (nSPS) is 20.9. The van der Waals surface area contributed by atoms with Crippen molar-refractivity contribution in [2.24, 2.45) is 0 Å². The van der Waals surface area contributed by atoms with Crippen molar-refractivity contribution >= 4 is 23.6 Å². The van der Waals surface area contributed by atoms with Gasteiger partial charge in [-0.05, 0) is 13.8 Å². The molecule has 0 bridgehead atoms. The number of Topliss-reactive ketones (excluding diaryl/α,β-unsaturated/α-hetero) is 3. The average Bonchev–Trinajstić information content (AvgIpc) is 2.49. The summed E-state index contributed by atoms with van der Waals surface area (Å²) in [5, 5.41) is 49.7. The molecule has 5 N–H and O–H groups in total. The first kappa shape index (κ1) is 20.5. The maximum absolute atomic E-state index is 11.8. The molecule has 0 amide bonds. The standard InChI is InChI=1S/C13H20O9/c1-4-9(18)11(20,6-15)13(22,8(3)17)12(21,7(2)16)10(19)5-14/h6,10,14,19-22H,4-5H2,1-3H3/t10-,11-,12-,13-/m1/s1. The zero-order valence-electron chi connectivity index (χ0n) is 12.4. The lowest BCUT2D eigenvalue weighted by atomic mass is 9.63. The summed E-state index contributed by atoms with van der Waals surface area (Å²) < 4.78 is 0. The van der Waals surface area contributed by atoms with Gasteiger partial charge in [-0.25, -0.2) is 0 Å². The van der Waals surface area contributed by atoms with Crippen LogP contribution in [-0.2, 0) is 19.2 Å². The van der Waals surface area contributed by atoms with E-state index >= 15 is 0 Å². The molecule has 0 saturated carbocycles. The smallest absolute Gasteiger partial charge is 0.217 e. The Morgan fingerprint density at radius 3 is 1.77 bits per heavy atom.